The average molecular weight is 314 g/mol. The minimum Gasteiger partial charge on any atom is -0.362 e. The highest BCUT2D eigenvalue weighted by Crippen LogP contribution is 2.30. The van der Waals surface area contributed by atoms with Gasteiger partial charge in [0.05, 0.1) is 0 Å². The molecule has 1 aromatic rings. The molecule has 1 aliphatic rings. The molecule has 0 aromatic heterocycles. The number of hydrogen-bond donors (Lipinski definition) is 1. The van der Waals surface area contributed by atoms with E-state index >= 15 is 0 Å². The van der Waals surface area contributed by atoms with E-state index in [1.54, 1.807) is 0 Å². The van der Waals surface area contributed by atoms with Crippen molar-refractivity contribution in [3.63, 3.8) is 0 Å². The minimum absolute atomic E-state index is 0.135. The summed E-state index contributed by atoms with van der Waals surface area (Å²) in [5.74, 6) is 1.45. The zero-order chi connectivity index (χ0) is 15.4. The molecule has 1 unspecified atom stereocenters. The van der Waals surface area contributed by atoms with Crippen LogP contribution in [0.5, 0.6) is 0 Å². The van der Waals surface area contributed by atoms with Crippen LogP contribution in [0.1, 0.15) is 26.3 Å². The molecule has 0 bridgehead atoms. The van der Waals surface area contributed by atoms with Crippen LogP contribution < -0.4 is 10.2 Å². The predicted octanol–water partition coefficient (Wildman–Crippen LogP) is 3.65. The largest absolute Gasteiger partial charge is 0.362 e. The van der Waals surface area contributed by atoms with Crippen LogP contribution in [0.4, 0.5) is 14.5 Å². The molecule has 0 radical (unpaired) electrons. The SMILES string of the molecule is CC(C)CNCc1cc(F)c(N2CCSCC2C)c(F)c1. The first-order chi connectivity index (χ1) is 9.99. The highest BCUT2D eigenvalue weighted by molar-refractivity contribution is 7.99. The number of nitrogens with zero attached hydrogens (tertiary/aromatic N) is 1. The van der Waals surface area contributed by atoms with Gasteiger partial charge in [-0.3, -0.25) is 0 Å². The Bertz CT molecular complexity index is 456. The Hall–Kier alpha value is -0.810. The maximum Gasteiger partial charge on any atom is 0.149 e. The van der Waals surface area contributed by atoms with Gasteiger partial charge in [0.2, 0.25) is 0 Å². The molecule has 1 N–H and O–H groups in total. The zero-order valence-corrected chi connectivity index (χ0v) is 13.8. The van der Waals surface area contributed by atoms with E-state index in [4.69, 9.17) is 0 Å². The smallest absolute Gasteiger partial charge is 0.149 e. The Morgan fingerprint density at radius 3 is 2.57 bits per heavy atom. The normalized spacial score (nSPS) is 19.3. The fraction of sp³-hybridized carbons (Fsp3) is 0.625. The Morgan fingerprint density at radius 2 is 2.00 bits per heavy atom. The van der Waals surface area contributed by atoms with Crippen molar-refractivity contribution in [2.45, 2.75) is 33.4 Å². The van der Waals surface area contributed by atoms with Crippen LogP contribution in [-0.2, 0) is 6.54 Å². The molecule has 5 heteroatoms. The maximum absolute atomic E-state index is 14.3. The van der Waals surface area contributed by atoms with Crippen LogP contribution in [-0.4, -0.2) is 30.6 Å². The second-order valence-electron chi connectivity index (χ2n) is 6.05. The lowest BCUT2D eigenvalue weighted by atomic mass is 10.1. The lowest BCUT2D eigenvalue weighted by Crippen LogP contribution is -2.41. The Balaban J connectivity index is 2.13. The molecular formula is C16H24F2N2S. The molecule has 1 heterocycles. The summed E-state index contributed by atoms with van der Waals surface area (Å²) in [4.78, 5) is 1.85. The fourth-order valence-electron chi connectivity index (χ4n) is 2.56. The molecule has 1 saturated heterocycles. The molecule has 2 rings (SSSR count). The van der Waals surface area contributed by atoms with Crippen LogP contribution in [0.2, 0.25) is 0 Å². The van der Waals surface area contributed by atoms with E-state index in [0.29, 0.717) is 24.6 Å². The number of anilines is 1. The summed E-state index contributed by atoms with van der Waals surface area (Å²) in [5, 5.41) is 3.21. The van der Waals surface area contributed by atoms with Crippen molar-refractivity contribution in [2.75, 3.05) is 29.5 Å². The molecule has 1 aliphatic heterocycles. The van der Waals surface area contributed by atoms with Gasteiger partial charge in [-0.15, -0.1) is 0 Å². The van der Waals surface area contributed by atoms with Gasteiger partial charge in [-0.25, -0.2) is 8.78 Å². The molecule has 21 heavy (non-hydrogen) atoms. The van der Waals surface area contributed by atoms with Gasteiger partial charge in [-0.1, -0.05) is 13.8 Å². The van der Waals surface area contributed by atoms with E-state index in [2.05, 4.69) is 19.2 Å². The summed E-state index contributed by atoms with van der Waals surface area (Å²) in [6, 6.07) is 3.08. The first kappa shape index (κ1) is 16.6. The van der Waals surface area contributed by atoms with Crippen LogP contribution in [0.3, 0.4) is 0 Å². The number of thioether (sulfide) groups is 1. The molecule has 0 aliphatic carbocycles. The van der Waals surface area contributed by atoms with Crippen molar-refractivity contribution in [3.05, 3.63) is 29.3 Å². The first-order valence-corrected chi connectivity index (χ1v) is 8.67. The average Bonchev–Trinajstić information content (AvgIpc) is 2.39. The summed E-state index contributed by atoms with van der Waals surface area (Å²) in [6.45, 7) is 8.26. The van der Waals surface area contributed by atoms with Crippen molar-refractivity contribution in [1.82, 2.24) is 5.32 Å². The molecule has 1 atom stereocenters. The van der Waals surface area contributed by atoms with Gasteiger partial charge in [-0.2, -0.15) is 11.8 Å². The summed E-state index contributed by atoms with van der Waals surface area (Å²) >= 11 is 1.83. The maximum atomic E-state index is 14.3. The standard InChI is InChI=1S/C16H24F2N2S/c1-11(2)8-19-9-13-6-14(17)16(15(18)7-13)20-4-5-21-10-12(20)3/h6-7,11-12,19H,4-5,8-10H2,1-3H3. The van der Waals surface area contributed by atoms with Gasteiger partial charge in [0.15, 0.2) is 0 Å². The number of nitrogens with one attached hydrogen (secondary N) is 1. The lowest BCUT2D eigenvalue weighted by molar-refractivity contribution is 0.537. The highest BCUT2D eigenvalue weighted by Gasteiger charge is 2.25. The Labute approximate surface area is 130 Å². The third-order valence-electron chi connectivity index (χ3n) is 3.61. The topological polar surface area (TPSA) is 15.3 Å². The van der Waals surface area contributed by atoms with Crippen molar-refractivity contribution < 1.29 is 8.78 Å². The molecule has 1 aromatic carbocycles. The van der Waals surface area contributed by atoms with Crippen molar-refractivity contribution in [3.8, 4) is 0 Å². The predicted molar refractivity (Wildman–Crippen MR) is 87.0 cm³/mol. The van der Waals surface area contributed by atoms with Gasteiger partial charge in [0, 0.05) is 30.6 Å². The van der Waals surface area contributed by atoms with Gasteiger partial charge in [-0.05, 0) is 37.1 Å². The number of rotatable bonds is 5. The molecule has 0 saturated carbocycles. The lowest BCUT2D eigenvalue weighted by Gasteiger charge is -2.35. The third-order valence-corrected chi connectivity index (χ3v) is 4.80. The molecule has 1 fully saturated rings. The summed E-state index contributed by atoms with van der Waals surface area (Å²) in [5.41, 5.74) is 0.795. The molecule has 2 nitrogen and oxygen atoms in total. The van der Waals surface area contributed by atoms with E-state index in [0.717, 1.165) is 18.1 Å². The summed E-state index contributed by atoms with van der Waals surface area (Å²) in [6.07, 6.45) is 0. The minimum atomic E-state index is -0.449. The quantitative estimate of drug-likeness (QED) is 0.893. The number of benzene rings is 1. The monoisotopic (exact) mass is 314 g/mol. The van der Waals surface area contributed by atoms with Gasteiger partial charge >= 0.3 is 0 Å². The van der Waals surface area contributed by atoms with E-state index in [9.17, 15) is 8.78 Å². The summed E-state index contributed by atoms with van der Waals surface area (Å²) in [7, 11) is 0. The van der Waals surface area contributed by atoms with E-state index < -0.39 is 11.6 Å². The van der Waals surface area contributed by atoms with Crippen LogP contribution in [0.15, 0.2) is 12.1 Å². The second-order valence-corrected chi connectivity index (χ2v) is 7.20. The second kappa shape index (κ2) is 7.45. The third kappa shape index (κ3) is 4.33. The molecule has 118 valence electrons. The van der Waals surface area contributed by atoms with E-state index in [1.807, 2.05) is 23.6 Å². The van der Waals surface area contributed by atoms with E-state index in [-0.39, 0.29) is 11.7 Å². The molecular weight excluding hydrogens is 290 g/mol. The van der Waals surface area contributed by atoms with Gasteiger partial charge < -0.3 is 10.2 Å². The van der Waals surface area contributed by atoms with Crippen LogP contribution in [0, 0.1) is 17.6 Å². The number of hydrogen-bond acceptors (Lipinski definition) is 3. The van der Waals surface area contributed by atoms with Crippen LogP contribution >= 0.6 is 11.8 Å². The highest BCUT2D eigenvalue weighted by atomic mass is 32.2. The van der Waals surface area contributed by atoms with Crippen LogP contribution in [0.25, 0.3) is 0 Å². The Kier molecular flexibility index (Phi) is 5.88. The number of halogens is 2. The Morgan fingerprint density at radius 1 is 1.33 bits per heavy atom. The van der Waals surface area contributed by atoms with Gasteiger partial charge in [0.1, 0.15) is 17.3 Å². The summed E-state index contributed by atoms with van der Waals surface area (Å²) < 4.78 is 28.7. The fourth-order valence-corrected chi connectivity index (χ4v) is 3.57. The van der Waals surface area contributed by atoms with Crippen molar-refractivity contribution >= 4 is 17.4 Å². The molecule has 0 amide bonds. The van der Waals surface area contributed by atoms with E-state index in [1.165, 1.54) is 12.1 Å². The zero-order valence-electron chi connectivity index (χ0n) is 13.0. The van der Waals surface area contributed by atoms with Gasteiger partial charge in [0.25, 0.3) is 0 Å². The first-order valence-electron chi connectivity index (χ1n) is 7.52. The molecule has 0 spiro atoms. The van der Waals surface area contributed by atoms with Crippen molar-refractivity contribution in [2.24, 2.45) is 5.92 Å². The van der Waals surface area contributed by atoms with Crippen molar-refractivity contribution in [1.29, 1.82) is 0 Å².